The van der Waals surface area contributed by atoms with Crippen LogP contribution in [0.5, 0.6) is 0 Å². The number of para-hydroxylation sites is 1. The predicted molar refractivity (Wildman–Crippen MR) is 104 cm³/mol. The van der Waals surface area contributed by atoms with Crippen LogP contribution >= 0.6 is 0 Å². The van der Waals surface area contributed by atoms with Crippen LogP contribution in [0.15, 0.2) is 71.3 Å². The normalized spacial score (nSPS) is 14.4. The maximum atomic E-state index is 7.76. The summed E-state index contributed by atoms with van der Waals surface area (Å²) in [7, 11) is 0. The molecule has 2 heterocycles. The van der Waals surface area contributed by atoms with Gasteiger partial charge in [-0.3, -0.25) is 4.98 Å². The average Bonchev–Trinajstić information content (AvgIpc) is 3.12. The molecule has 0 N–H and O–H groups in total. The molecule has 0 atom stereocenters. The quantitative estimate of drug-likeness (QED) is 0.355. The Morgan fingerprint density at radius 2 is 1.72 bits per heavy atom. The van der Waals surface area contributed by atoms with Crippen molar-refractivity contribution in [1.29, 1.82) is 0 Å². The van der Waals surface area contributed by atoms with Crippen LogP contribution in [0.3, 0.4) is 0 Å². The highest BCUT2D eigenvalue weighted by atomic mass is 16.3. The van der Waals surface area contributed by atoms with Crippen LogP contribution in [0.25, 0.3) is 44.0 Å². The van der Waals surface area contributed by atoms with E-state index in [4.69, 9.17) is 9.90 Å². The third-order valence-corrected chi connectivity index (χ3v) is 4.65. The van der Waals surface area contributed by atoms with Gasteiger partial charge >= 0.3 is 0 Å². The Morgan fingerprint density at radius 3 is 2.64 bits per heavy atom. The molecule has 0 radical (unpaired) electrons. The maximum absolute atomic E-state index is 7.76. The molecule has 0 saturated heterocycles. The molecule has 0 aliphatic rings. The molecule has 2 nitrogen and oxygen atoms in total. The summed E-state index contributed by atoms with van der Waals surface area (Å²) in [4.78, 5) is 4.40. The van der Waals surface area contributed by atoms with Crippen molar-refractivity contribution in [3.63, 3.8) is 0 Å². The van der Waals surface area contributed by atoms with Gasteiger partial charge in [0.15, 0.2) is 0 Å². The second-order valence-electron chi connectivity index (χ2n) is 6.17. The number of aryl methyl sites for hydroxylation is 2. The second kappa shape index (κ2) is 5.18. The maximum Gasteiger partial charge on any atom is 0.144 e. The van der Waals surface area contributed by atoms with E-state index in [9.17, 15) is 0 Å². The van der Waals surface area contributed by atoms with Crippen molar-refractivity contribution in [3.8, 4) is 11.3 Å². The number of hydrogen-bond donors (Lipinski definition) is 0. The summed E-state index contributed by atoms with van der Waals surface area (Å²) in [5.74, 6) is 0. The van der Waals surface area contributed by atoms with Gasteiger partial charge in [0.2, 0.25) is 0 Å². The predicted octanol–water partition coefficient (Wildman–Crippen LogP) is 6.42. The van der Waals surface area contributed by atoms with Gasteiger partial charge in [-0.05, 0) is 48.5 Å². The van der Waals surface area contributed by atoms with Crippen molar-refractivity contribution in [1.82, 2.24) is 4.98 Å². The van der Waals surface area contributed by atoms with Crippen LogP contribution in [0.4, 0.5) is 0 Å². The monoisotopic (exact) mass is 327 g/mol. The van der Waals surface area contributed by atoms with Gasteiger partial charge in [0.1, 0.15) is 11.2 Å². The SMILES string of the molecule is [2H]Cc1cc(-c2cccc3c2oc2c4ccccc4ccc32)ncc1C([2H])([2H])[2H]. The fourth-order valence-corrected chi connectivity index (χ4v) is 3.37. The fraction of sp³-hybridized carbons (Fsp3) is 0.0870. The number of aromatic nitrogens is 1. The molecule has 0 bridgehead atoms. The third kappa shape index (κ3) is 2.07. The van der Waals surface area contributed by atoms with E-state index in [1.165, 1.54) is 6.20 Å². The minimum Gasteiger partial charge on any atom is -0.455 e. The first kappa shape index (κ1) is 10.7. The van der Waals surface area contributed by atoms with Gasteiger partial charge in [0.25, 0.3) is 0 Å². The van der Waals surface area contributed by atoms with Crippen LogP contribution in [-0.4, -0.2) is 4.98 Å². The summed E-state index contributed by atoms with van der Waals surface area (Å²) in [5, 5.41) is 4.17. The van der Waals surface area contributed by atoms with Crippen LogP contribution in [0.1, 0.15) is 16.6 Å². The highest BCUT2D eigenvalue weighted by Gasteiger charge is 2.14. The van der Waals surface area contributed by atoms with Crippen LogP contribution in [0.2, 0.25) is 0 Å². The van der Waals surface area contributed by atoms with Crippen molar-refractivity contribution in [2.24, 2.45) is 0 Å². The molecule has 0 amide bonds. The van der Waals surface area contributed by atoms with Gasteiger partial charge in [0, 0.05) is 33.4 Å². The largest absolute Gasteiger partial charge is 0.455 e. The van der Waals surface area contributed by atoms with Crippen molar-refractivity contribution in [2.75, 3.05) is 0 Å². The second-order valence-corrected chi connectivity index (χ2v) is 6.17. The van der Waals surface area contributed by atoms with E-state index in [1.807, 2.05) is 36.4 Å². The molecule has 0 fully saturated rings. The molecule has 0 saturated carbocycles. The molecule has 2 heteroatoms. The molecule has 2 aromatic heterocycles. The molecule has 120 valence electrons. The van der Waals surface area contributed by atoms with E-state index >= 15 is 0 Å². The Balaban J connectivity index is 1.79. The fourth-order valence-electron chi connectivity index (χ4n) is 3.37. The van der Waals surface area contributed by atoms with E-state index in [0.717, 1.165) is 32.7 Å². The van der Waals surface area contributed by atoms with Crippen LogP contribution < -0.4 is 0 Å². The summed E-state index contributed by atoms with van der Waals surface area (Å²) >= 11 is 0. The first-order valence-electron chi connectivity index (χ1n) is 10.3. The van der Waals surface area contributed by atoms with Crippen LogP contribution in [0, 0.1) is 13.8 Å². The van der Waals surface area contributed by atoms with E-state index < -0.39 is 6.85 Å². The minimum atomic E-state index is -2.29. The smallest absolute Gasteiger partial charge is 0.144 e. The summed E-state index contributed by atoms with van der Waals surface area (Å²) in [5.41, 5.74) is 3.51. The number of fused-ring (bicyclic) bond motifs is 5. The topological polar surface area (TPSA) is 26.0 Å². The van der Waals surface area contributed by atoms with Gasteiger partial charge in [-0.1, -0.05) is 42.5 Å². The lowest BCUT2D eigenvalue weighted by atomic mass is 10.0. The molecular formula is C23H17NO. The number of benzene rings is 3. The lowest BCUT2D eigenvalue weighted by Crippen LogP contribution is -1.88. The van der Waals surface area contributed by atoms with E-state index in [1.54, 1.807) is 6.07 Å². The number of furan rings is 1. The number of hydrogen-bond acceptors (Lipinski definition) is 2. The highest BCUT2D eigenvalue weighted by Crippen LogP contribution is 2.38. The van der Waals surface area contributed by atoms with Crippen molar-refractivity contribution in [2.45, 2.75) is 13.8 Å². The zero-order valence-electron chi connectivity index (χ0n) is 17.4. The minimum absolute atomic E-state index is 0.121. The van der Waals surface area contributed by atoms with Crippen LogP contribution in [-0.2, 0) is 0 Å². The van der Waals surface area contributed by atoms with Crippen molar-refractivity contribution < 1.29 is 9.90 Å². The zero-order chi connectivity index (χ0) is 20.2. The van der Waals surface area contributed by atoms with Gasteiger partial charge in [-0.25, -0.2) is 0 Å². The Hall–Kier alpha value is -3.13. The molecule has 0 aliphatic heterocycles. The molecule has 25 heavy (non-hydrogen) atoms. The van der Waals surface area contributed by atoms with E-state index in [2.05, 4.69) is 23.2 Å². The van der Waals surface area contributed by atoms with Gasteiger partial charge in [-0.2, -0.15) is 0 Å². The summed E-state index contributed by atoms with van der Waals surface area (Å²) in [6.45, 7) is -2.41. The van der Waals surface area contributed by atoms with Gasteiger partial charge in [-0.15, -0.1) is 0 Å². The lowest BCUT2D eigenvalue weighted by molar-refractivity contribution is 0.673. The summed E-state index contributed by atoms with van der Waals surface area (Å²) in [6.07, 6.45) is 1.36. The Kier molecular flexibility index (Phi) is 2.21. The van der Waals surface area contributed by atoms with Crippen molar-refractivity contribution >= 4 is 32.7 Å². The highest BCUT2D eigenvalue weighted by molar-refractivity contribution is 6.17. The number of rotatable bonds is 1. The molecule has 3 aromatic carbocycles. The summed E-state index contributed by atoms with van der Waals surface area (Å²) < 4.78 is 37.1. The Bertz CT molecular complexity index is 1380. The Labute approximate surface area is 151 Å². The van der Waals surface area contributed by atoms with Crippen molar-refractivity contribution in [3.05, 3.63) is 78.0 Å². The Morgan fingerprint density at radius 1 is 0.840 bits per heavy atom. The molecule has 0 aliphatic carbocycles. The third-order valence-electron chi connectivity index (χ3n) is 4.65. The van der Waals surface area contributed by atoms with E-state index in [-0.39, 0.29) is 12.5 Å². The van der Waals surface area contributed by atoms with E-state index in [0.29, 0.717) is 16.8 Å². The first-order valence-corrected chi connectivity index (χ1v) is 8.09. The molecule has 0 unspecified atom stereocenters. The molecular weight excluding hydrogens is 306 g/mol. The number of nitrogens with zero attached hydrogens (tertiary/aromatic N) is 1. The molecule has 0 spiro atoms. The van der Waals surface area contributed by atoms with Gasteiger partial charge in [0.05, 0.1) is 5.69 Å². The standard InChI is InChI=1S/C23H17NO/c1-14-12-21(24-13-15(14)2)20-9-5-8-18-19-11-10-16-6-3-4-7-17(16)22(19)25-23(18)20/h3-13H,1-2H3/i1D,2D3. The lowest BCUT2D eigenvalue weighted by Gasteiger charge is -2.05. The van der Waals surface area contributed by atoms with Gasteiger partial charge < -0.3 is 4.42 Å². The summed E-state index contributed by atoms with van der Waals surface area (Å²) in [6, 6.07) is 19.8. The molecule has 5 rings (SSSR count). The molecule has 5 aromatic rings. The first-order chi connectivity index (χ1) is 14.0. The number of pyridine rings is 1. The zero-order valence-corrected chi connectivity index (χ0v) is 13.4. The average molecular weight is 327 g/mol.